The molecule has 17 heavy (non-hydrogen) atoms. The van der Waals surface area contributed by atoms with Crippen LogP contribution in [0.4, 0.5) is 0 Å². The third-order valence-electron chi connectivity index (χ3n) is 3.91. The highest BCUT2D eigenvalue weighted by Crippen LogP contribution is 2.28. The van der Waals surface area contributed by atoms with Crippen molar-refractivity contribution in [3.63, 3.8) is 0 Å². The summed E-state index contributed by atoms with van der Waals surface area (Å²) in [5, 5.41) is 7.76. The van der Waals surface area contributed by atoms with Gasteiger partial charge in [0.05, 0.1) is 6.20 Å². The molecule has 1 N–H and O–H groups in total. The molecule has 4 heteroatoms. The molecule has 0 amide bonds. The van der Waals surface area contributed by atoms with Gasteiger partial charge >= 0.3 is 0 Å². The Balaban J connectivity index is 2.03. The predicted molar refractivity (Wildman–Crippen MR) is 67.9 cm³/mol. The Morgan fingerprint density at radius 1 is 1.53 bits per heavy atom. The molecule has 0 aliphatic carbocycles. The molecule has 2 heterocycles. The number of rotatable bonds is 4. The lowest BCUT2D eigenvalue weighted by Crippen LogP contribution is -2.24. The maximum atomic E-state index is 5.41. The minimum Gasteiger partial charge on any atom is -0.381 e. The third kappa shape index (κ3) is 2.87. The predicted octanol–water partition coefficient (Wildman–Crippen LogP) is 1.81. The van der Waals surface area contributed by atoms with Gasteiger partial charge in [0.25, 0.3) is 0 Å². The molecule has 96 valence electrons. The molecular weight excluding hydrogens is 214 g/mol. The van der Waals surface area contributed by atoms with E-state index in [-0.39, 0.29) is 0 Å². The van der Waals surface area contributed by atoms with Crippen molar-refractivity contribution >= 4 is 0 Å². The van der Waals surface area contributed by atoms with E-state index in [9.17, 15) is 0 Å². The van der Waals surface area contributed by atoms with Gasteiger partial charge in [-0.3, -0.25) is 4.68 Å². The van der Waals surface area contributed by atoms with Crippen LogP contribution in [0.2, 0.25) is 0 Å². The molecular formula is C13H23N3O. The summed E-state index contributed by atoms with van der Waals surface area (Å²) in [7, 11) is 4.04. The molecule has 1 fully saturated rings. The van der Waals surface area contributed by atoms with Crippen LogP contribution in [-0.2, 0) is 11.8 Å². The van der Waals surface area contributed by atoms with Crippen LogP contribution in [0.15, 0.2) is 6.20 Å². The number of aromatic nitrogens is 2. The van der Waals surface area contributed by atoms with Gasteiger partial charge in [0.2, 0.25) is 0 Å². The first-order valence-corrected chi connectivity index (χ1v) is 6.46. The number of nitrogens with zero attached hydrogens (tertiary/aromatic N) is 2. The van der Waals surface area contributed by atoms with Crippen molar-refractivity contribution in [2.45, 2.75) is 32.2 Å². The largest absolute Gasteiger partial charge is 0.381 e. The van der Waals surface area contributed by atoms with Crippen molar-refractivity contribution < 1.29 is 4.74 Å². The fourth-order valence-corrected chi connectivity index (χ4v) is 2.57. The fourth-order valence-electron chi connectivity index (χ4n) is 2.57. The zero-order valence-electron chi connectivity index (χ0n) is 11.1. The van der Waals surface area contributed by atoms with Crippen molar-refractivity contribution in [2.24, 2.45) is 13.0 Å². The van der Waals surface area contributed by atoms with Gasteiger partial charge < -0.3 is 10.1 Å². The fraction of sp³-hybridized carbons (Fsp3) is 0.769. The Kier molecular flexibility index (Phi) is 4.18. The molecule has 2 rings (SSSR count). The first kappa shape index (κ1) is 12.6. The average Bonchev–Trinajstić information content (AvgIpc) is 2.69. The molecule has 1 aromatic heterocycles. The number of ether oxygens (including phenoxy) is 1. The average molecular weight is 237 g/mol. The van der Waals surface area contributed by atoms with Crippen LogP contribution in [0, 0.1) is 12.8 Å². The van der Waals surface area contributed by atoms with Crippen molar-refractivity contribution in [1.29, 1.82) is 0 Å². The molecule has 0 bridgehead atoms. The molecule has 0 saturated carbocycles. The Morgan fingerprint density at radius 2 is 2.24 bits per heavy atom. The summed E-state index contributed by atoms with van der Waals surface area (Å²) in [6, 6.07) is 0.423. The monoisotopic (exact) mass is 237 g/mol. The van der Waals surface area contributed by atoms with Crippen molar-refractivity contribution in [1.82, 2.24) is 15.1 Å². The lowest BCUT2D eigenvalue weighted by Gasteiger charge is -2.26. The van der Waals surface area contributed by atoms with Gasteiger partial charge in [-0.05, 0) is 39.2 Å². The molecule has 0 aromatic carbocycles. The van der Waals surface area contributed by atoms with E-state index < -0.39 is 0 Å². The van der Waals surface area contributed by atoms with Crippen LogP contribution in [0.25, 0.3) is 0 Å². The second-order valence-corrected chi connectivity index (χ2v) is 4.94. The van der Waals surface area contributed by atoms with E-state index in [0.717, 1.165) is 19.1 Å². The van der Waals surface area contributed by atoms with Gasteiger partial charge in [0, 0.05) is 37.6 Å². The maximum absolute atomic E-state index is 5.41. The second-order valence-electron chi connectivity index (χ2n) is 4.94. The van der Waals surface area contributed by atoms with Crippen LogP contribution in [0.5, 0.6) is 0 Å². The summed E-state index contributed by atoms with van der Waals surface area (Å²) in [5.74, 6) is 0.779. The second kappa shape index (κ2) is 5.65. The zero-order valence-corrected chi connectivity index (χ0v) is 11.1. The summed E-state index contributed by atoms with van der Waals surface area (Å²) >= 11 is 0. The van der Waals surface area contributed by atoms with Crippen molar-refractivity contribution in [3.8, 4) is 0 Å². The van der Waals surface area contributed by atoms with E-state index in [1.807, 2.05) is 25.0 Å². The molecule has 1 saturated heterocycles. The third-order valence-corrected chi connectivity index (χ3v) is 3.91. The van der Waals surface area contributed by atoms with E-state index in [4.69, 9.17) is 4.74 Å². The Morgan fingerprint density at radius 3 is 2.76 bits per heavy atom. The SMILES string of the molecule is CNC(CC1CCOCC1)c1cnn(C)c1C. The van der Waals surface area contributed by atoms with Crippen LogP contribution >= 0.6 is 0 Å². The maximum Gasteiger partial charge on any atom is 0.0540 e. The van der Waals surface area contributed by atoms with E-state index in [0.29, 0.717) is 6.04 Å². The molecule has 4 nitrogen and oxygen atoms in total. The van der Waals surface area contributed by atoms with Crippen LogP contribution < -0.4 is 5.32 Å². The smallest absolute Gasteiger partial charge is 0.0540 e. The standard InChI is InChI=1S/C13H23N3O/c1-10-12(9-15-16(10)3)13(14-2)8-11-4-6-17-7-5-11/h9,11,13-14H,4-8H2,1-3H3. The molecule has 1 aliphatic heterocycles. The molecule has 1 aromatic rings. The summed E-state index contributed by atoms with van der Waals surface area (Å²) in [4.78, 5) is 0. The van der Waals surface area contributed by atoms with Crippen LogP contribution in [-0.4, -0.2) is 30.0 Å². The van der Waals surface area contributed by atoms with E-state index in [1.54, 1.807) is 0 Å². The van der Waals surface area contributed by atoms with Gasteiger partial charge in [0.15, 0.2) is 0 Å². The molecule has 0 spiro atoms. The highest BCUT2D eigenvalue weighted by Gasteiger charge is 2.21. The van der Waals surface area contributed by atoms with Gasteiger partial charge in [-0.25, -0.2) is 0 Å². The zero-order chi connectivity index (χ0) is 12.3. The van der Waals surface area contributed by atoms with E-state index in [2.05, 4.69) is 17.3 Å². The van der Waals surface area contributed by atoms with Gasteiger partial charge in [-0.2, -0.15) is 5.10 Å². The number of hydrogen-bond donors (Lipinski definition) is 1. The van der Waals surface area contributed by atoms with Crippen molar-refractivity contribution in [2.75, 3.05) is 20.3 Å². The van der Waals surface area contributed by atoms with Gasteiger partial charge in [-0.15, -0.1) is 0 Å². The normalized spacial score (nSPS) is 19.5. The Bertz CT molecular complexity index is 356. The molecule has 1 atom stereocenters. The number of nitrogens with one attached hydrogen (secondary N) is 1. The van der Waals surface area contributed by atoms with Gasteiger partial charge in [-0.1, -0.05) is 0 Å². The minimum absolute atomic E-state index is 0.423. The topological polar surface area (TPSA) is 39.1 Å². The highest BCUT2D eigenvalue weighted by molar-refractivity contribution is 5.20. The molecule has 0 radical (unpaired) electrons. The summed E-state index contributed by atoms with van der Waals surface area (Å²) in [5.41, 5.74) is 2.60. The highest BCUT2D eigenvalue weighted by atomic mass is 16.5. The van der Waals surface area contributed by atoms with Gasteiger partial charge in [0.1, 0.15) is 0 Å². The first-order chi connectivity index (χ1) is 8.22. The lowest BCUT2D eigenvalue weighted by atomic mass is 9.90. The quantitative estimate of drug-likeness (QED) is 0.868. The molecule has 1 unspecified atom stereocenters. The van der Waals surface area contributed by atoms with Crippen molar-refractivity contribution in [3.05, 3.63) is 17.5 Å². The molecule has 1 aliphatic rings. The number of aryl methyl sites for hydroxylation is 1. The first-order valence-electron chi connectivity index (χ1n) is 6.46. The number of hydrogen-bond acceptors (Lipinski definition) is 3. The minimum atomic E-state index is 0.423. The van der Waals surface area contributed by atoms with Crippen LogP contribution in [0.1, 0.15) is 36.6 Å². The Labute approximate surface area is 103 Å². The van der Waals surface area contributed by atoms with E-state index >= 15 is 0 Å². The summed E-state index contributed by atoms with van der Waals surface area (Å²) in [6.07, 6.45) is 5.57. The Hall–Kier alpha value is -0.870. The summed E-state index contributed by atoms with van der Waals surface area (Å²) in [6.45, 7) is 3.98. The lowest BCUT2D eigenvalue weighted by molar-refractivity contribution is 0.0608. The van der Waals surface area contributed by atoms with E-state index in [1.165, 1.54) is 30.5 Å². The van der Waals surface area contributed by atoms with Crippen LogP contribution in [0.3, 0.4) is 0 Å². The summed E-state index contributed by atoms with van der Waals surface area (Å²) < 4.78 is 7.36.